The van der Waals surface area contributed by atoms with E-state index in [2.05, 4.69) is 31.7 Å². The zero-order chi connectivity index (χ0) is 7.82. The van der Waals surface area contributed by atoms with Crippen molar-refractivity contribution in [3.8, 4) is 0 Å². The fourth-order valence-corrected chi connectivity index (χ4v) is 0.766. The van der Waals surface area contributed by atoms with Gasteiger partial charge in [-0.1, -0.05) is 43.4 Å². The third-order valence-corrected chi connectivity index (χ3v) is 1.42. The van der Waals surface area contributed by atoms with E-state index in [0.29, 0.717) is 0 Å². The molecule has 0 rings (SSSR count). The highest BCUT2D eigenvalue weighted by atomic mass is 13.9. The van der Waals surface area contributed by atoms with Crippen LogP contribution in [-0.4, -0.2) is 0 Å². The summed E-state index contributed by atoms with van der Waals surface area (Å²) in [6.45, 7) is 7.86. The number of rotatable bonds is 4. The van der Waals surface area contributed by atoms with Crippen LogP contribution in [0, 0.1) is 0 Å². The Morgan fingerprint density at radius 2 is 2.20 bits per heavy atom. The van der Waals surface area contributed by atoms with Crippen LogP contribution in [0.5, 0.6) is 0 Å². The van der Waals surface area contributed by atoms with Crippen molar-refractivity contribution in [3.05, 3.63) is 36.5 Å². The maximum Gasteiger partial charge on any atom is -0.0136 e. The first-order valence-corrected chi connectivity index (χ1v) is 3.76. The molecule has 56 valence electrons. The molecule has 0 heteroatoms. The quantitative estimate of drug-likeness (QED) is 0.410. The molecular formula is C10H16. The summed E-state index contributed by atoms with van der Waals surface area (Å²) in [4.78, 5) is 0. The molecule has 10 heavy (non-hydrogen) atoms. The Bertz CT molecular complexity index is 138. The SMILES string of the molecule is C=C/C=C(/CC)CC=CC. The van der Waals surface area contributed by atoms with Crippen LogP contribution in [-0.2, 0) is 0 Å². The minimum atomic E-state index is 1.07. The van der Waals surface area contributed by atoms with Gasteiger partial charge in [0.1, 0.15) is 0 Å². The predicted octanol–water partition coefficient (Wildman–Crippen LogP) is 3.48. The van der Waals surface area contributed by atoms with Gasteiger partial charge >= 0.3 is 0 Å². The lowest BCUT2D eigenvalue weighted by molar-refractivity contribution is 1.03. The summed E-state index contributed by atoms with van der Waals surface area (Å²) in [5, 5.41) is 0. The molecule has 0 saturated heterocycles. The molecule has 0 spiro atoms. The Morgan fingerprint density at radius 3 is 2.60 bits per heavy atom. The first-order chi connectivity index (χ1) is 4.85. The molecule has 0 nitrogen and oxygen atoms in total. The summed E-state index contributed by atoms with van der Waals surface area (Å²) in [6.07, 6.45) is 10.4. The molecule has 0 fully saturated rings. The Kier molecular flexibility index (Phi) is 5.85. The van der Waals surface area contributed by atoms with Gasteiger partial charge in [-0.15, -0.1) is 0 Å². The molecule has 0 aliphatic rings. The minimum Gasteiger partial charge on any atom is -0.0991 e. The third-order valence-electron chi connectivity index (χ3n) is 1.42. The molecule has 0 aliphatic carbocycles. The van der Waals surface area contributed by atoms with Gasteiger partial charge in [0.05, 0.1) is 0 Å². The van der Waals surface area contributed by atoms with Gasteiger partial charge < -0.3 is 0 Å². The Balaban J connectivity index is 3.82. The molecule has 0 radical (unpaired) electrons. The van der Waals surface area contributed by atoms with Crippen molar-refractivity contribution < 1.29 is 0 Å². The fourth-order valence-electron chi connectivity index (χ4n) is 0.766. The highest BCUT2D eigenvalue weighted by Crippen LogP contribution is 2.06. The average molecular weight is 136 g/mol. The van der Waals surface area contributed by atoms with E-state index >= 15 is 0 Å². The standard InChI is InChI=1S/C10H16/c1-4-7-9-10(6-3)8-5-2/h4-5,7-8H,2,6,9H2,1,3H3/b7-4?,10-8-. The second kappa shape index (κ2) is 6.34. The zero-order valence-electron chi connectivity index (χ0n) is 6.93. The Hall–Kier alpha value is -0.780. The summed E-state index contributed by atoms with van der Waals surface area (Å²) in [5.41, 5.74) is 1.44. The smallest absolute Gasteiger partial charge is 0.0136 e. The molecule has 0 aromatic carbocycles. The summed E-state index contributed by atoms with van der Waals surface area (Å²) in [7, 11) is 0. The second-order valence-corrected chi connectivity index (χ2v) is 2.19. The molecular weight excluding hydrogens is 120 g/mol. The molecule has 0 unspecified atom stereocenters. The lowest BCUT2D eigenvalue weighted by Gasteiger charge is -1.96. The first-order valence-electron chi connectivity index (χ1n) is 3.76. The first kappa shape index (κ1) is 9.22. The molecule has 0 amide bonds. The maximum absolute atomic E-state index is 3.66. The Morgan fingerprint density at radius 1 is 1.50 bits per heavy atom. The highest BCUT2D eigenvalue weighted by molar-refractivity contribution is 5.12. The lowest BCUT2D eigenvalue weighted by Crippen LogP contribution is -1.75. The van der Waals surface area contributed by atoms with Crippen molar-refractivity contribution in [1.82, 2.24) is 0 Å². The van der Waals surface area contributed by atoms with Gasteiger partial charge in [-0.3, -0.25) is 0 Å². The molecule has 0 N–H and O–H groups in total. The second-order valence-electron chi connectivity index (χ2n) is 2.19. The van der Waals surface area contributed by atoms with Crippen molar-refractivity contribution >= 4 is 0 Å². The van der Waals surface area contributed by atoms with Crippen LogP contribution in [0.15, 0.2) is 36.5 Å². The fraction of sp³-hybridized carbons (Fsp3) is 0.400. The summed E-state index contributed by atoms with van der Waals surface area (Å²) in [6, 6.07) is 0. The summed E-state index contributed by atoms with van der Waals surface area (Å²) < 4.78 is 0. The van der Waals surface area contributed by atoms with Crippen LogP contribution in [0.1, 0.15) is 26.7 Å². The maximum atomic E-state index is 3.66. The van der Waals surface area contributed by atoms with E-state index in [9.17, 15) is 0 Å². The van der Waals surface area contributed by atoms with Gasteiger partial charge in [0.15, 0.2) is 0 Å². The van der Waals surface area contributed by atoms with E-state index in [1.165, 1.54) is 5.57 Å². The predicted molar refractivity (Wildman–Crippen MR) is 48.0 cm³/mol. The molecule has 0 saturated carbocycles. The molecule has 0 aromatic heterocycles. The van der Waals surface area contributed by atoms with E-state index in [-0.39, 0.29) is 0 Å². The van der Waals surface area contributed by atoms with Crippen molar-refractivity contribution in [2.24, 2.45) is 0 Å². The normalized spacial score (nSPS) is 12.4. The van der Waals surface area contributed by atoms with Crippen LogP contribution < -0.4 is 0 Å². The Labute approximate surface area is 64.0 Å². The van der Waals surface area contributed by atoms with Crippen molar-refractivity contribution in [3.63, 3.8) is 0 Å². The van der Waals surface area contributed by atoms with E-state index in [1.54, 1.807) is 0 Å². The topological polar surface area (TPSA) is 0 Å². The van der Waals surface area contributed by atoms with Crippen molar-refractivity contribution in [1.29, 1.82) is 0 Å². The van der Waals surface area contributed by atoms with E-state index in [1.807, 2.05) is 13.0 Å². The van der Waals surface area contributed by atoms with Gasteiger partial charge in [0.25, 0.3) is 0 Å². The number of hydrogen-bond donors (Lipinski definition) is 0. The average Bonchev–Trinajstić information content (AvgIpc) is 1.98. The molecule has 0 atom stereocenters. The molecule has 0 aliphatic heterocycles. The van der Waals surface area contributed by atoms with Gasteiger partial charge in [-0.05, 0) is 19.8 Å². The molecule has 0 aromatic rings. The summed E-state index contributed by atoms with van der Waals surface area (Å²) >= 11 is 0. The van der Waals surface area contributed by atoms with Gasteiger partial charge in [0, 0.05) is 0 Å². The minimum absolute atomic E-state index is 1.07. The zero-order valence-corrected chi connectivity index (χ0v) is 6.93. The number of allylic oxidation sites excluding steroid dienone is 5. The molecule has 0 heterocycles. The largest absolute Gasteiger partial charge is 0.0991 e. The van der Waals surface area contributed by atoms with Crippen LogP contribution in [0.25, 0.3) is 0 Å². The van der Waals surface area contributed by atoms with E-state index < -0.39 is 0 Å². The van der Waals surface area contributed by atoms with Crippen molar-refractivity contribution in [2.75, 3.05) is 0 Å². The lowest BCUT2D eigenvalue weighted by atomic mass is 10.1. The van der Waals surface area contributed by atoms with E-state index in [4.69, 9.17) is 0 Å². The van der Waals surface area contributed by atoms with Crippen molar-refractivity contribution in [2.45, 2.75) is 26.7 Å². The monoisotopic (exact) mass is 136 g/mol. The van der Waals surface area contributed by atoms with Crippen LogP contribution in [0.3, 0.4) is 0 Å². The van der Waals surface area contributed by atoms with E-state index in [0.717, 1.165) is 12.8 Å². The molecule has 0 bridgehead atoms. The number of hydrogen-bond acceptors (Lipinski definition) is 0. The van der Waals surface area contributed by atoms with Gasteiger partial charge in [-0.2, -0.15) is 0 Å². The highest BCUT2D eigenvalue weighted by Gasteiger charge is 1.86. The van der Waals surface area contributed by atoms with Gasteiger partial charge in [-0.25, -0.2) is 0 Å². The van der Waals surface area contributed by atoms with Crippen LogP contribution >= 0.6 is 0 Å². The summed E-state index contributed by atoms with van der Waals surface area (Å²) in [5.74, 6) is 0. The van der Waals surface area contributed by atoms with Crippen LogP contribution in [0.2, 0.25) is 0 Å². The van der Waals surface area contributed by atoms with Gasteiger partial charge in [0.2, 0.25) is 0 Å². The third kappa shape index (κ3) is 4.13. The van der Waals surface area contributed by atoms with Crippen LogP contribution in [0.4, 0.5) is 0 Å².